The summed E-state index contributed by atoms with van der Waals surface area (Å²) in [7, 11) is 0. The van der Waals surface area contributed by atoms with Gasteiger partial charge in [-0.3, -0.25) is 0 Å². The molecule has 0 aliphatic carbocycles. The van der Waals surface area contributed by atoms with Gasteiger partial charge in [-0.2, -0.15) is 0 Å². The Labute approximate surface area is 96.7 Å². The number of hydrogen-bond donors (Lipinski definition) is 1. The Morgan fingerprint density at radius 3 is 2.65 bits per heavy atom. The second-order valence-electron chi connectivity index (χ2n) is 3.72. The smallest absolute Gasteiger partial charge is 0.373 e. The first kappa shape index (κ1) is 11.3. The molecule has 0 saturated carbocycles. The molecule has 5 heteroatoms. The van der Waals surface area contributed by atoms with E-state index < -0.39 is 11.8 Å². The minimum absolute atomic E-state index is 0.0163. The molecule has 0 fully saturated rings. The molecular weight excluding hydrogens is 225 g/mol. The Kier molecular flexibility index (Phi) is 2.67. The minimum atomic E-state index is -1.21. The van der Waals surface area contributed by atoms with E-state index in [2.05, 4.69) is 4.98 Å². The van der Waals surface area contributed by atoms with E-state index in [9.17, 15) is 9.18 Å². The van der Waals surface area contributed by atoms with Crippen LogP contribution in [-0.2, 0) is 0 Å². The standard InChI is InChI=1S/C12H10FNO3/c1-6-3-4-8(9(13)5-6)11-14-7(2)10(17-11)12(15)16/h3-5H,1-2H3,(H,15,16). The topological polar surface area (TPSA) is 63.3 Å². The van der Waals surface area contributed by atoms with Crippen molar-refractivity contribution in [2.45, 2.75) is 13.8 Å². The van der Waals surface area contributed by atoms with Crippen LogP contribution in [0.5, 0.6) is 0 Å². The van der Waals surface area contributed by atoms with Gasteiger partial charge in [-0.15, -0.1) is 0 Å². The van der Waals surface area contributed by atoms with E-state index in [-0.39, 0.29) is 22.9 Å². The second-order valence-corrected chi connectivity index (χ2v) is 3.72. The van der Waals surface area contributed by atoms with Crippen LogP contribution in [0.3, 0.4) is 0 Å². The summed E-state index contributed by atoms with van der Waals surface area (Å²) in [6.07, 6.45) is 0. The third kappa shape index (κ3) is 2.04. The van der Waals surface area contributed by atoms with Crippen molar-refractivity contribution >= 4 is 5.97 Å². The molecule has 2 aromatic rings. The van der Waals surface area contributed by atoms with E-state index in [1.807, 2.05) is 0 Å². The van der Waals surface area contributed by atoms with Gasteiger partial charge in [-0.05, 0) is 31.5 Å². The molecule has 0 bridgehead atoms. The maximum Gasteiger partial charge on any atom is 0.373 e. The second kappa shape index (κ2) is 4.01. The zero-order chi connectivity index (χ0) is 12.6. The average Bonchev–Trinajstić information content (AvgIpc) is 2.60. The van der Waals surface area contributed by atoms with E-state index in [0.29, 0.717) is 0 Å². The molecule has 4 nitrogen and oxygen atoms in total. The summed E-state index contributed by atoms with van der Waals surface area (Å²) in [6.45, 7) is 3.26. The Bertz CT molecular complexity index is 589. The summed E-state index contributed by atoms with van der Waals surface area (Å²) in [5.41, 5.74) is 1.16. The fourth-order valence-corrected chi connectivity index (χ4v) is 1.50. The lowest BCUT2D eigenvalue weighted by atomic mass is 10.1. The predicted octanol–water partition coefficient (Wildman–Crippen LogP) is 2.80. The first-order chi connectivity index (χ1) is 7.99. The number of aromatic nitrogens is 1. The van der Waals surface area contributed by atoms with Crippen LogP contribution in [0.4, 0.5) is 4.39 Å². The molecule has 0 aliphatic rings. The van der Waals surface area contributed by atoms with Crippen molar-refractivity contribution in [3.05, 3.63) is 41.0 Å². The van der Waals surface area contributed by atoms with Gasteiger partial charge in [0.2, 0.25) is 11.7 Å². The van der Waals surface area contributed by atoms with Crippen LogP contribution in [0, 0.1) is 19.7 Å². The van der Waals surface area contributed by atoms with Crippen molar-refractivity contribution in [2.75, 3.05) is 0 Å². The number of benzene rings is 1. The van der Waals surface area contributed by atoms with Crippen LogP contribution in [0.2, 0.25) is 0 Å². The summed E-state index contributed by atoms with van der Waals surface area (Å²) in [4.78, 5) is 14.7. The Hall–Kier alpha value is -2.17. The number of carbonyl (C=O) groups is 1. The van der Waals surface area contributed by atoms with Crippen molar-refractivity contribution in [1.82, 2.24) is 4.98 Å². The van der Waals surface area contributed by atoms with Crippen LogP contribution < -0.4 is 0 Å². The molecule has 1 heterocycles. The molecular formula is C12H10FNO3. The molecule has 2 rings (SSSR count). The number of carboxylic acid groups (broad SMARTS) is 1. The number of aryl methyl sites for hydroxylation is 2. The van der Waals surface area contributed by atoms with Gasteiger partial charge < -0.3 is 9.52 Å². The van der Waals surface area contributed by atoms with Gasteiger partial charge in [-0.25, -0.2) is 14.2 Å². The highest BCUT2D eigenvalue weighted by molar-refractivity contribution is 5.86. The van der Waals surface area contributed by atoms with Crippen LogP contribution in [-0.4, -0.2) is 16.1 Å². The fourth-order valence-electron chi connectivity index (χ4n) is 1.50. The van der Waals surface area contributed by atoms with Gasteiger partial charge in [0.05, 0.1) is 11.3 Å². The SMILES string of the molecule is Cc1ccc(-c2nc(C)c(C(=O)O)o2)c(F)c1. The number of oxazole rings is 1. The molecule has 0 atom stereocenters. The van der Waals surface area contributed by atoms with Crippen molar-refractivity contribution in [1.29, 1.82) is 0 Å². The average molecular weight is 235 g/mol. The molecule has 88 valence electrons. The van der Waals surface area contributed by atoms with Gasteiger partial charge >= 0.3 is 5.97 Å². The Balaban J connectivity index is 2.53. The maximum absolute atomic E-state index is 13.6. The van der Waals surface area contributed by atoms with E-state index in [4.69, 9.17) is 9.52 Å². The highest BCUT2D eigenvalue weighted by atomic mass is 19.1. The fraction of sp³-hybridized carbons (Fsp3) is 0.167. The molecule has 17 heavy (non-hydrogen) atoms. The van der Waals surface area contributed by atoms with Crippen molar-refractivity contribution < 1.29 is 18.7 Å². The number of carboxylic acids is 1. The van der Waals surface area contributed by atoms with Gasteiger partial charge in [-0.1, -0.05) is 6.07 Å². The molecule has 1 N–H and O–H groups in total. The number of nitrogens with zero attached hydrogens (tertiary/aromatic N) is 1. The predicted molar refractivity (Wildman–Crippen MR) is 58.3 cm³/mol. The molecule has 0 unspecified atom stereocenters. The van der Waals surface area contributed by atoms with Crippen LogP contribution in [0.1, 0.15) is 21.8 Å². The number of hydrogen-bond acceptors (Lipinski definition) is 3. The van der Waals surface area contributed by atoms with Crippen LogP contribution in [0.15, 0.2) is 22.6 Å². The lowest BCUT2D eigenvalue weighted by Crippen LogP contribution is -1.95. The van der Waals surface area contributed by atoms with Gasteiger partial charge in [0.25, 0.3) is 0 Å². The van der Waals surface area contributed by atoms with E-state index in [1.165, 1.54) is 19.1 Å². The zero-order valence-corrected chi connectivity index (χ0v) is 9.32. The van der Waals surface area contributed by atoms with Crippen LogP contribution >= 0.6 is 0 Å². The lowest BCUT2D eigenvalue weighted by molar-refractivity contribution is 0.0662. The first-order valence-corrected chi connectivity index (χ1v) is 4.96. The molecule has 0 aliphatic heterocycles. The monoisotopic (exact) mass is 235 g/mol. The molecule has 0 saturated heterocycles. The first-order valence-electron chi connectivity index (χ1n) is 4.96. The zero-order valence-electron chi connectivity index (χ0n) is 9.32. The third-order valence-corrected chi connectivity index (χ3v) is 2.35. The molecule has 0 radical (unpaired) electrons. The van der Waals surface area contributed by atoms with Gasteiger partial charge in [0, 0.05) is 0 Å². The molecule has 1 aromatic carbocycles. The molecule has 0 amide bonds. The summed E-state index contributed by atoms with van der Waals surface area (Å²) >= 11 is 0. The lowest BCUT2D eigenvalue weighted by Gasteiger charge is -1.98. The van der Waals surface area contributed by atoms with Crippen molar-refractivity contribution in [3.63, 3.8) is 0 Å². The number of aromatic carboxylic acids is 1. The Morgan fingerprint density at radius 1 is 1.41 bits per heavy atom. The van der Waals surface area contributed by atoms with Crippen LogP contribution in [0.25, 0.3) is 11.5 Å². The maximum atomic E-state index is 13.6. The quantitative estimate of drug-likeness (QED) is 0.869. The summed E-state index contributed by atoms with van der Waals surface area (Å²) in [5, 5.41) is 8.81. The van der Waals surface area contributed by atoms with E-state index in [0.717, 1.165) is 5.56 Å². The number of rotatable bonds is 2. The summed E-state index contributed by atoms with van der Waals surface area (Å²) < 4.78 is 18.7. The van der Waals surface area contributed by atoms with E-state index >= 15 is 0 Å². The van der Waals surface area contributed by atoms with Gasteiger partial charge in [0.15, 0.2) is 0 Å². The van der Waals surface area contributed by atoms with E-state index in [1.54, 1.807) is 13.0 Å². The minimum Gasteiger partial charge on any atom is -0.475 e. The highest BCUT2D eigenvalue weighted by Gasteiger charge is 2.19. The van der Waals surface area contributed by atoms with Gasteiger partial charge in [0.1, 0.15) is 5.82 Å². The molecule has 1 aromatic heterocycles. The number of halogens is 1. The Morgan fingerprint density at radius 2 is 2.12 bits per heavy atom. The third-order valence-electron chi connectivity index (χ3n) is 2.35. The summed E-state index contributed by atoms with van der Waals surface area (Å²) in [5.74, 6) is -1.98. The summed E-state index contributed by atoms with van der Waals surface area (Å²) in [6, 6.07) is 4.56. The highest BCUT2D eigenvalue weighted by Crippen LogP contribution is 2.25. The van der Waals surface area contributed by atoms with Crippen molar-refractivity contribution in [2.24, 2.45) is 0 Å². The van der Waals surface area contributed by atoms with Crippen molar-refractivity contribution in [3.8, 4) is 11.5 Å². The normalized spacial score (nSPS) is 10.5. The molecule has 0 spiro atoms. The largest absolute Gasteiger partial charge is 0.475 e.